The second-order valence-corrected chi connectivity index (χ2v) is 6.94. The van der Waals surface area contributed by atoms with E-state index in [2.05, 4.69) is 63.4 Å². The average molecular weight is 478 g/mol. The summed E-state index contributed by atoms with van der Waals surface area (Å²) in [6.45, 7) is 1.88. The Balaban J connectivity index is 2.35. The molecule has 0 aliphatic carbocycles. The monoisotopic (exact) mass is 475 g/mol. The molecule has 4 nitrogen and oxygen atoms in total. The third kappa shape index (κ3) is 3.84. The second-order valence-electron chi connectivity index (χ2n) is 4.32. The first-order valence-corrected chi connectivity index (χ1v) is 8.40. The van der Waals surface area contributed by atoms with Gasteiger partial charge in [0.2, 0.25) is 0 Å². The summed E-state index contributed by atoms with van der Waals surface area (Å²) in [7, 11) is 1.77. The number of hydrogen-bond donors (Lipinski definition) is 2. The zero-order valence-corrected chi connectivity index (χ0v) is 16.1. The standard InChI is InChI=1S/C14H12Br3N3O/c1-7-3-12(18-2)9(6-19-7)14(21)20-13-10(16)4-8(15)5-11(13)17/h3-6H,1-2H3,(H,18,19)(H,20,21). The number of nitrogens with zero attached hydrogens (tertiary/aromatic N) is 1. The molecule has 0 bridgehead atoms. The van der Waals surface area contributed by atoms with Gasteiger partial charge in [-0.2, -0.15) is 0 Å². The van der Waals surface area contributed by atoms with E-state index in [9.17, 15) is 4.79 Å². The minimum absolute atomic E-state index is 0.226. The molecule has 0 spiro atoms. The van der Waals surface area contributed by atoms with Gasteiger partial charge in [0.05, 0.1) is 16.9 Å². The highest BCUT2D eigenvalue weighted by Crippen LogP contribution is 2.34. The molecule has 1 aromatic carbocycles. The number of anilines is 2. The predicted octanol–water partition coefficient (Wildman–Crippen LogP) is 4.97. The Bertz CT molecular complexity index is 681. The lowest BCUT2D eigenvalue weighted by Crippen LogP contribution is -2.15. The highest BCUT2D eigenvalue weighted by molar-refractivity contribution is 9.11. The molecule has 0 fully saturated rings. The number of carbonyl (C=O) groups is 1. The summed E-state index contributed by atoms with van der Waals surface area (Å²) >= 11 is 10.3. The Hall–Kier alpha value is -0.920. The fourth-order valence-corrected chi connectivity index (χ4v) is 4.25. The van der Waals surface area contributed by atoms with Gasteiger partial charge >= 0.3 is 0 Å². The normalized spacial score (nSPS) is 10.3. The molecule has 1 heterocycles. The van der Waals surface area contributed by atoms with Crippen LogP contribution in [0.25, 0.3) is 0 Å². The summed E-state index contributed by atoms with van der Waals surface area (Å²) in [5.41, 5.74) is 2.75. The van der Waals surface area contributed by atoms with E-state index in [1.54, 1.807) is 13.2 Å². The zero-order chi connectivity index (χ0) is 15.6. The van der Waals surface area contributed by atoms with Crippen molar-refractivity contribution in [1.82, 2.24) is 4.98 Å². The number of nitrogens with one attached hydrogen (secondary N) is 2. The number of carbonyl (C=O) groups excluding carboxylic acids is 1. The van der Waals surface area contributed by atoms with Crippen LogP contribution in [0.1, 0.15) is 16.1 Å². The maximum Gasteiger partial charge on any atom is 0.259 e. The lowest BCUT2D eigenvalue weighted by molar-refractivity contribution is 0.102. The summed E-state index contributed by atoms with van der Waals surface area (Å²) in [6, 6.07) is 5.57. The highest BCUT2D eigenvalue weighted by atomic mass is 79.9. The zero-order valence-electron chi connectivity index (χ0n) is 11.3. The molecule has 7 heteroatoms. The molecule has 1 amide bonds. The van der Waals surface area contributed by atoms with Crippen molar-refractivity contribution >= 4 is 65.1 Å². The van der Waals surface area contributed by atoms with E-state index in [0.29, 0.717) is 11.3 Å². The number of pyridine rings is 1. The van der Waals surface area contributed by atoms with E-state index in [1.165, 1.54) is 0 Å². The summed E-state index contributed by atoms with van der Waals surface area (Å²) in [4.78, 5) is 16.6. The summed E-state index contributed by atoms with van der Waals surface area (Å²) in [6.07, 6.45) is 1.57. The van der Waals surface area contributed by atoms with Gasteiger partial charge < -0.3 is 10.6 Å². The third-order valence-electron chi connectivity index (χ3n) is 2.80. The number of benzene rings is 1. The van der Waals surface area contributed by atoms with Crippen LogP contribution in [0.2, 0.25) is 0 Å². The first-order chi connectivity index (χ1) is 9.92. The quantitative estimate of drug-likeness (QED) is 0.656. The number of aryl methyl sites for hydroxylation is 1. The first-order valence-electron chi connectivity index (χ1n) is 6.02. The van der Waals surface area contributed by atoms with E-state index >= 15 is 0 Å². The maximum atomic E-state index is 12.4. The average Bonchev–Trinajstić information content (AvgIpc) is 2.42. The second kappa shape index (κ2) is 6.89. The van der Waals surface area contributed by atoms with Gasteiger partial charge in [-0.05, 0) is 57.0 Å². The Kier molecular flexibility index (Phi) is 5.40. The van der Waals surface area contributed by atoms with E-state index in [1.807, 2.05) is 25.1 Å². The summed E-state index contributed by atoms with van der Waals surface area (Å²) < 4.78 is 2.47. The molecule has 2 aromatic rings. The molecule has 110 valence electrons. The molecule has 0 saturated carbocycles. The Labute approximate surface area is 148 Å². The van der Waals surface area contributed by atoms with Gasteiger partial charge in [-0.25, -0.2) is 0 Å². The first kappa shape index (κ1) is 16.5. The van der Waals surface area contributed by atoms with Crippen LogP contribution in [0.4, 0.5) is 11.4 Å². The predicted molar refractivity (Wildman–Crippen MR) is 96.0 cm³/mol. The molecule has 0 atom stereocenters. The Morgan fingerprint density at radius 1 is 1.14 bits per heavy atom. The van der Waals surface area contributed by atoms with E-state index in [0.717, 1.165) is 24.8 Å². The summed E-state index contributed by atoms with van der Waals surface area (Å²) in [5.74, 6) is -0.226. The minimum Gasteiger partial charge on any atom is -0.387 e. The van der Waals surface area contributed by atoms with Crippen molar-refractivity contribution in [2.45, 2.75) is 6.92 Å². The van der Waals surface area contributed by atoms with Crippen molar-refractivity contribution < 1.29 is 4.79 Å². The van der Waals surface area contributed by atoms with Crippen LogP contribution < -0.4 is 10.6 Å². The Morgan fingerprint density at radius 3 is 2.33 bits per heavy atom. The van der Waals surface area contributed by atoms with Crippen molar-refractivity contribution in [1.29, 1.82) is 0 Å². The molecule has 1 aromatic heterocycles. The van der Waals surface area contributed by atoms with Crippen molar-refractivity contribution in [3.05, 3.63) is 49.1 Å². The molecule has 21 heavy (non-hydrogen) atoms. The van der Waals surface area contributed by atoms with Crippen LogP contribution in [-0.4, -0.2) is 17.9 Å². The maximum absolute atomic E-state index is 12.4. The minimum atomic E-state index is -0.226. The van der Waals surface area contributed by atoms with E-state index in [4.69, 9.17) is 0 Å². The largest absolute Gasteiger partial charge is 0.387 e. The molecule has 0 aliphatic rings. The van der Waals surface area contributed by atoms with Gasteiger partial charge in [-0.15, -0.1) is 0 Å². The van der Waals surface area contributed by atoms with Gasteiger partial charge in [0.1, 0.15) is 0 Å². The molecule has 0 unspecified atom stereocenters. The van der Waals surface area contributed by atoms with Crippen LogP contribution in [-0.2, 0) is 0 Å². The van der Waals surface area contributed by atoms with Crippen LogP contribution in [0.5, 0.6) is 0 Å². The van der Waals surface area contributed by atoms with Crippen LogP contribution in [0, 0.1) is 6.92 Å². The van der Waals surface area contributed by atoms with Crippen molar-refractivity contribution in [2.75, 3.05) is 17.7 Å². The van der Waals surface area contributed by atoms with Crippen molar-refractivity contribution in [3.63, 3.8) is 0 Å². The van der Waals surface area contributed by atoms with E-state index in [-0.39, 0.29) is 5.91 Å². The Morgan fingerprint density at radius 2 is 1.76 bits per heavy atom. The smallest absolute Gasteiger partial charge is 0.259 e. The fourth-order valence-electron chi connectivity index (χ4n) is 1.79. The SMILES string of the molecule is CNc1cc(C)ncc1C(=O)Nc1c(Br)cc(Br)cc1Br. The fraction of sp³-hybridized carbons (Fsp3) is 0.143. The molecule has 0 saturated heterocycles. The topological polar surface area (TPSA) is 54.0 Å². The number of aromatic nitrogens is 1. The molecule has 2 N–H and O–H groups in total. The molecule has 0 radical (unpaired) electrons. The number of rotatable bonds is 3. The number of amides is 1. The summed E-state index contributed by atoms with van der Waals surface area (Å²) in [5, 5.41) is 5.89. The molecule has 2 rings (SSSR count). The van der Waals surface area contributed by atoms with Crippen LogP contribution in [0.15, 0.2) is 37.8 Å². The molecular weight excluding hydrogens is 466 g/mol. The van der Waals surface area contributed by atoms with Gasteiger partial charge in [0.15, 0.2) is 0 Å². The van der Waals surface area contributed by atoms with Crippen molar-refractivity contribution in [3.8, 4) is 0 Å². The van der Waals surface area contributed by atoms with Crippen LogP contribution >= 0.6 is 47.8 Å². The van der Waals surface area contributed by atoms with Gasteiger partial charge in [0.25, 0.3) is 5.91 Å². The lowest BCUT2D eigenvalue weighted by Gasteiger charge is -2.13. The van der Waals surface area contributed by atoms with Crippen molar-refractivity contribution in [2.24, 2.45) is 0 Å². The number of halogens is 3. The van der Waals surface area contributed by atoms with Gasteiger partial charge in [0, 0.05) is 32.4 Å². The van der Waals surface area contributed by atoms with Crippen LogP contribution in [0.3, 0.4) is 0 Å². The molecular formula is C14H12Br3N3O. The van der Waals surface area contributed by atoms with Gasteiger partial charge in [-0.3, -0.25) is 9.78 Å². The van der Waals surface area contributed by atoms with Gasteiger partial charge in [-0.1, -0.05) is 15.9 Å². The number of hydrogen-bond acceptors (Lipinski definition) is 3. The lowest BCUT2D eigenvalue weighted by atomic mass is 10.2. The molecule has 0 aliphatic heterocycles. The third-order valence-corrected chi connectivity index (χ3v) is 4.51. The highest BCUT2D eigenvalue weighted by Gasteiger charge is 2.15. The van der Waals surface area contributed by atoms with E-state index < -0.39 is 0 Å².